The molecule has 1 aromatic carbocycles. The number of phenolic OH excluding ortho intramolecular Hbond substituents is 1. The van der Waals surface area contributed by atoms with E-state index in [1.54, 1.807) is 0 Å². The van der Waals surface area contributed by atoms with Crippen molar-refractivity contribution in [2.75, 3.05) is 13.2 Å². The number of carbonyl (C=O) groups excluding carboxylic acids is 1. The molecule has 1 unspecified atom stereocenters. The molecule has 3 N–H and O–H groups in total. The second-order valence-electron chi connectivity index (χ2n) is 4.29. The molecule has 0 bridgehead atoms. The van der Waals surface area contributed by atoms with Gasteiger partial charge in [0.2, 0.25) is 5.91 Å². The minimum atomic E-state index is -4.60. The Kier molecular flexibility index (Phi) is 6.12. The summed E-state index contributed by atoms with van der Waals surface area (Å²) in [7, 11) is 0. The maximum atomic E-state index is 12.4. The fourth-order valence-electron chi connectivity index (χ4n) is 1.50. The Hall–Kier alpha value is -1.18. The van der Waals surface area contributed by atoms with Gasteiger partial charge in [0.15, 0.2) is 0 Å². The Morgan fingerprint density at radius 1 is 1.29 bits per heavy atom. The van der Waals surface area contributed by atoms with Gasteiger partial charge in [-0.1, -0.05) is 23.2 Å². The van der Waals surface area contributed by atoms with Crippen molar-refractivity contribution in [3.05, 3.63) is 27.7 Å². The van der Waals surface area contributed by atoms with Crippen LogP contribution in [0.4, 0.5) is 13.2 Å². The average Bonchev–Trinajstić information content (AvgIpc) is 2.32. The summed E-state index contributed by atoms with van der Waals surface area (Å²) in [6.45, 7) is -1.86. The molecular formula is C12H12Cl2F3NO3. The molecule has 1 rings (SSSR count). The highest BCUT2D eigenvalue weighted by molar-refractivity contribution is 6.36. The largest absolute Gasteiger partial charge is 0.508 e. The van der Waals surface area contributed by atoms with Gasteiger partial charge in [-0.05, 0) is 17.7 Å². The van der Waals surface area contributed by atoms with Crippen LogP contribution in [-0.2, 0) is 11.2 Å². The molecule has 0 fully saturated rings. The lowest BCUT2D eigenvalue weighted by molar-refractivity contribution is -0.182. The molecule has 9 heteroatoms. The molecule has 0 aliphatic rings. The first-order chi connectivity index (χ1) is 9.65. The van der Waals surface area contributed by atoms with Gasteiger partial charge in [0.05, 0.1) is 18.9 Å². The molecule has 0 heterocycles. The third-order valence-corrected chi connectivity index (χ3v) is 3.37. The van der Waals surface area contributed by atoms with Gasteiger partial charge in [-0.2, -0.15) is 13.2 Å². The van der Waals surface area contributed by atoms with Gasteiger partial charge < -0.3 is 15.5 Å². The van der Waals surface area contributed by atoms with Crippen LogP contribution in [0.1, 0.15) is 5.56 Å². The van der Waals surface area contributed by atoms with Crippen LogP contribution in [0.3, 0.4) is 0 Å². The van der Waals surface area contributed by atoms with Gasteiger partial charge in [-0.3, -0.25) is 4.79 Å². The molecule has 21 heavy (non-hydrogen) atoms. The molecule has 0 spiro atoms. The molecular weight excluding hydrogens is 334 g/mol. The second-order valence-corrected chi connectivity index (χ2v) is 5.10. The number of aromatic hydroxyl groups is 1. The summed E-state index contributed by atoms with van der Waals surface area (Å²) in [6, 6.07) is 2.34. The number of halogens is 5. The molecule has 1 amide bonds. The smallest absolute Gasteiger partial charge is 0.395 e. The van der Waals surface area contributed by atoms with E-state index in [4.69, 9.17) is 28.3 Å². The minimum absolute atomic E-state index is 0.0321. The fraction of sp³-hybridized carbons (Fsp3) is 0.417. The topological polar surface area (TPSA) is 69.6 Å². The van der Waals surface area contributed by atoms with Crippen LogP contribution in [0, 0.1) is 5.92 Å². The summed E-state index contributed by atoms with van der Waals surface area (Å²) in [4.78, 5) is 11.6. The quantitative estimate of drug-likeness (QED) is 0.768. The highest BCUT2D eigenvalue weighted by atomic mass is 35.5. The zero-order valence-electron chi connectivity index (χ0n) is 10.5. The van der Waals surface area contributed by atoms with Crippen LogP contribution in [0.25, 0.3) is 0 Å². The monoisotopic (exact) mass is 345 g/mol. The first-order valence-corrected chi connectivity index (χ1v) is 6.52. The van der Waals surface area contributed by atoms with E-state index in [9.17, 15) is 23.1 Å². The van der Waals surface area contributed by atoms with Crippen molar-refractivity contribution in [3.63, 3.8) is 0 Å². The van der Waals surface area contributed by atoms with Gasteiger partial charge in [0.1, 0.15) is 5.75 Å². The highest BCUT2D eigenvalue weighted by Crippen LogP contribution is 2.30. The van der Waals surface area contributed by atoms with E-state index in [1.807, 2.05) is 0 Å². The molecule has 0 aromatic heterocycles. The molecule has 0 aliphatic carbocycles. The Labute approximate surface area is 128 Å². The summed E-state index contributed by atoms with van der Waals surface area (Å²) in [5, 5.41) is 20.0. The van der Waals surface area contributed by atoms with E-state index >= 15 is 0 Å². The first-order valence-electron chi connectivity index (χ1n) is 5.76. The zero-order chi connectivity index (χ0) is 16.2. The van der Waals surface area contributed by atoms with E-state index in [0.717, 1.165) is 0 Å². The summed E-state index contributed by atoms with van der Waals surface area (Å²) in [5.74, 6) is -2.95. The van der Waals surface area contributed by atoms with Crippen molar-refractivity contribution in [1.82, 2.24) is 5.32 Å². The number of benzene rings is 1. The van der Waals surface area contributed by atoms with Gasteiger partial charge in [0, 0.05) is 16.6 Å². The van der Waals surface area contributed by atoms with Crippen LogP contribution in [0.5, 0.6) is 5.75 Å². The van der Waals surface area contributed by atoms with Crippen LogP contribution >= 0.6 is 23.2 Å². The van der Waals surface area contributed by atoms with Crippen molar-refractivity contribution in [2.24, 2.45) is 5.92 Å². The third-order valence-electron chi connectivity index (χ3n) is 2.69. The lowest BCUT2D eigenvalue weighted by atomic mass is 10.1. The maximum absolute atomic E-state index is 12.4. The maximum Gasteiger partial charge on any atom is 0.395 e. The Bertz CT molecular complexity index is 500. The summed E-state index contributed by atoms with van der Waals surface area (Å²) in [5.41, 5.74) is 0.196. The van der Waals surface area contributed by atoms with Crippen molar-refractivity contribution in [3.8, 4) is 5.75 Å². The lowest BCUT2D eigenvalue weighted by Gasteiger charge is -2.18. The number of carbonyl (C=O) groups is 1. The number of aliphatic hydroxyl groups is 1. The van der Waals surface area contributed by atoms with Crippen LogP contribution in [-0.4, -0.2) is 35.4 Å². The number of hydrogen-bond donors (Lipinski definition) is 3. The Balaban J connectivity index is 2.67. The van der Waals surface area contributed by atoms with Crippen LogP contribution in [0.15, 0.2) is 12.1 Å². The highest BCUT2D eigenvalue weighted by Gasteiger charge is 2.39. The zero-order valence-corrected chi connectivity index (χ0v) is 12.1. The van der Waals surface area contributed by atoms with E-state index in [-0.39, 0.29) is 27.8 Å². The van der Waals surface area contributed by atoms with E-state index in [0.29, 0.717) is 0 Å². The van der Waals surface area contributed by atoms with Crippen molar-refractivity contribution in [2.45, 2.75) is 12.6 Å². The van der Waals surface area contributed by atoms with E-state index in [1.165, 1.54) is 12.1 Å². The molecule has 4 nitrogen and oxygen atoms in total. The number of rotatable bonds is 5. The minimum Gasteiger partial charge on any atom is -0.508 e. The standard InChI is InChI=1S/C12H12Cl2F3NO3/c13-9-1-7(20)2-10(14)8(9)3-11(21)18-4-6(5-19)12(15,16)17/h1-2,6,19-20H,3-5H2,(H,18,21). The van der Waals surface area contributed by atoms with Crippen molar-refractivity contribution >= 4 is 29.1 Å². The number of aliphatic hydroxyl groups excluding tert-OH is 1. The summed E-state index contributed by atoms with van der Waals surface area (Å²) < 4.78 is 37.2. The van der Waals surface area contributed by atoms with E-state index in [2.05, 4.69) is 5.32 Å². The Morgan fingerprint density at radius 2 is 1.81 bits per heavy atom. The summed E-state index contributed by atoms with van der Waals surface area (Å²) >= 11 is 11.6. The molecule has 0 aliphatic heterocycles. The third kappa shape index (κ3) is 5.26. The molecule has 118 valence electrons. The Morgan fingerprint density at radius 3 is 2.24 bits per heavy atom. The van der Waals surface area contributed by atoms with Gasteiger partial charge >= 0.3 is 6.18 Å². The number of hydrogen-bond acceptors (Lipinski definition) is 3. The van der Waals surface area contributed by atoms with Crippen LogP contribution in [0.2, 0.25) is 10.0 Å². The number of amides is 1. The SMILES string of the molecule is O=C(Cc1c(Cl)cc(O)cc1Cl)NCC(CO)C(F)(F)F. The fourth-order valence-corrected chi connectivity index (χ4v) is 2.11. The van der Waals surface area contributed by atoms with Crippen LogP contribution < -0.4 is 5.32 Å². The molecule has 0 saturated carbocycles. The molecule has 0 saturated heterocycles. The predicted molar refractivity (Wildman–Crippen MR) is 71.5 cm³/mol. The molecule has 0 radical (unpaired) electrons. The van der Waals surface area contributed by atoms with Gasteiger partial charge in [0.25, 0.3) is 0 Å². The average molecular weight is 346 g/mol. The number of phenols is 1. The van der Waals surface area contributed by atoms with Crippen molar-refractivity contribution < 1.29 is 28.2 Å². The molecule has 1 aromatic rings. The number of alkyl halides is 3. The second kappa shape index (κ2) is 7.20. The normalized spacial score (nSPS) is 13.0. The molecule has 1 atom stereocenters. The van der Waals surface area contributed by atoms with Gasteiger partial charge in [-0.15, -0.1) is 0 Å². The first kappa shape index (κ1) is 17.9. The summed E-state index contributed by atoms with van der Waals surface area (Å²) in [6.07, 6.45) is -4.94. The lowest BCUT2D eigenvalue weighted by Crippen LogP contribution is -2.39. The predicted octanol–water partition coefficient (Wildman–Crippen LogP) is 2.53. The van der Waals surface area contributed by atoms with Gasteiger partial charge in [-0.25, -0.2) is 0 Å². The van der Waals surface area contributed by atoms with Crippen molar-refractivity contribution in [1.29, 1.82) is 0 Å². The van der Waals surface area contributed by atoms with E-state index < -0.39 is 31.2 Å². The number of nitrogens with one attached hydrogen (secondary N) is 1.